The molecule has 2 aromatic rings. The highest BCUT2D eigenvalue weighted by Gasteiger charge is 2.30. The number of nitrogens with zero attached hydrogens (tertiary/aromatic N) is 6. The number of likely N-dealkylation sites (N-methyl/N-ethyl adjacent to an activating group) is 2. The third-order valence-corrected chi connectivity index (χ3v) is 4.80. The molecule has 134 valence electrons. The van der Waals surface area contributed by atoms with Gasteiger partial charge in [-0.1, -0.05) is 12.1 Å². The van der Waals surface area contributed by atoms with Crippen molar-refractivity contribution in [3.05, 3.63) is 36.2 Å². The molecule has 8 heteroatoms. The van der Waals surface area contributed by atoms with Crippen molar-refractivity contribution >= 4 is 5.91 Å². The molecule has 1 fully saturated rings. The highest BCUT2D eigenvalue weighted by molar-refractivity contribution is 5.78. The molecule has 1 saturated heterocycles. The molecule has 3 rings (SSSR count). The molecule has 25 heavy (non-hydrogen) atoms. The quantitative estimate of drug-likeness (QED) is 0.754. The fraction of sp³-hybridized carbons (Fsp3) is 0.529. The fourth-order valence-corrected chi connectivity index (χ4v) is 3.19. The van der Waals surface area contributed by atoms with Gasteiger partial charge >= 0.3 is 0 Å². The van der Waals surface area contributed by atoms with E-state index in [2.05, 4.69) is 27.5 Å². The highest BCUT2D eigenvalue weighted by Crippen LogP contribution is 2.19. The van der Waals surface area contributed by atoms with Crippen molar-refractivity contribution in [2.75, 3.05) is 34.3 Å². The van der Waals surface area contributed by atoms with Gasteiger partial charge in [0, 0.05) is 33.3 Å². The number of carbonyl (C=O) groups excluding carboxylic acids is 1. The topological polar surface area (TPSA) is 76.4 Å². The van der Waals surface area contributed by atoms with Crippen LogP contribution in [0.4, 0.5) is 0 Å². The average molecular weight is 344 g/mol. The second-order valence-electron chi connectivity index (χ2n) is 6.56. The summed E-state index contributed by atoms with van der Waals surface area (Å²) in [6.45, 7) is 1.64. The Morgan fingerprint density at radius 3 is 2.72 bits per heavy atom. The summed E-state index contributed by atoms with van der Waals surface area (Å²) < 4.78 is 7.01. The number of methoxy groups -OCH3 is 1. The standard InChI is InChI=1S/C17H24N6O2/c1-21-11-16(25-3)9-15(21)10-22(2)17(24)8-13-4-6-14(7-5-13)23-12-18-19-20-23/h4-7,12,15-16H,8-11H2,1-3H3/t15-,16-/m0/s1. The number of aromatic nitrogens is 4. The van der Waals surface area contributed by atoms with Crippen LogP contribution in [-0.4, -0.2) is 82.4 Å². The molecule has 1 aliphatic heterocycles. The number of tetrazole rings is 1. The van der Waals surface area contributed by atoms with E-state index < -0.39 is 0 Å². The summed E-state index contributed by atoms with van der Waals surface area (Å²) in [7, 11) is 5.69. The Labute approximate surface area is 147 Å². The van der Waals surface area contributed by atoms with Crippen LogP contribution in [0.2, 0.25) is 0 Å². The van der Waals surface area contributed by atoms with Crippen molar-refractivity contribution < 1.29 is 9.53 Å². The maximum Gasteiger partial charge on any atom is 0.226 e. The van der Waals surface area contributed by atoms with E-state index in [9.17, 15) is 4.79 Å². The summed E-state index contributed by atoms with van der Waals surface area (Å²) in [6, 6.07) is 8.04. The van der Waals surface area contributed by atoms with E-state index >= 15 is 0 Å². The lowest BCUT2D eigenvalue weighted by Crippen LogP contribution is -2.40. The van der Waals surface area contributed by atoms with E-state index in [1.165, 1.54) is 0 Å². The monoisotopic (exact) mass is 344 g/mol. The molecule has 0 aliphatic carbocycles. The molecule has 0 unspecified atom stereocenters. The fourth-order valence-electron chi connectivity index (χ4n) is 3.19. The van der Waals surface area contributed by atoms with Crippen LogP contribution in [-0.2, 0) is 16.0 Å². The van der Waals surface area contributed by atoms with Gasteiger partial charge in [-0.3, -0.25) is 9.69 Å². The second-order valence-corrected chi connectivity index (χ2v) is 6.56. The maximum absolute atomic E-state index is 12.5. The van der Waals surface area contributed by atoms with Gasteiger partial charge in [-0.2, -0.15) is 0 Å². The van der Waals surface area contributed by atoms with Crippen molar-refractivity contribution in [3.63, 3.8) is 0 Å². The first-order valence-corrected chi connectivity index (χ1v) is 8.36. The van der Waals surface area contributed by atoms with Crippen LogP contribution in [0.5, 0.6) is 0 Å². The lowest BCUT2D eigenvalue weighted by atomic mass is 10.1. The normalized spacial score (nSPS) is 20.8. The third kappa shape index (κ3) is 4.21. The predicted octanol–water partition coefficient (Wildman–Crippen LogP) is 0.382. The molecule has 0 spiro atoms. The Hall–Kier alpha value is -2.32. The van der Waals surface area contributed by atoms with E-state index in [0.717, 1.165) is 30.8 Å². The molecule has 0 bridgehead atoms. The van der Waals surface area contributed by atoms with Gasteiger partial charge in [-0.05, 0) is 41.6 Å². The Morgan fingerprint density at radius 2 is 2.12 bits per heavy atom. The van der Waals surface area contributed by atoms with Gasteiger partial charge in [-0.25, -0.2) is 4.68 Å². The first-order chi connectivity index (χ1) is 12.1. The molecule has 0 saturated carbocycles. The average Bonchev–Trinajstić information content (AvgIpc) is 3.26. The van der Waals surface area contributed by atoms with Crippen LogP contribution in [0.1, 0.15) is 12.0 Å². The Balaban J connectivity index is 1.54. The number of hydrogen-bond donors (Lipinski definition) is 0. The van der Waals surface area contributed by atoms with Crippen LogP contribution in [0.3, 0.4) is 0 Å². The van der Waals surface area contributed by atoms with Gasteiger partial charge in [0.1, 0.15) is 6.33 Å². The summed E-state index contributed by atoms with van der Waals surface area (Å²) in [5.41, 5.74) is 1.84. The van der Waals surface area contributed by atoms with Crippen molar-refractivity contribution in [2.24, 2.45) is 0 Å². The third-order valence-electron chi connectivity index (χ3n) is 4.80. The smallest absolute Gasteiger partial charge is 0.226 e. The molecule has 1 amide bonds. The SMILES string of the molecule is CO[C@H]1C[C@@H](CN(C)C(=O)Cc2ccc(-n3cnnn3)cc2)N(C)C1. The molecular formula is C17H24N6O2. The molecule has 2 atom stereocenters. The van der Waals surface area contributed by atoms with Crippen LogP contribution < -0.4 is 0 Å². The van der Waals surface area contributed by atoms with Gasteiger partial charge in [0.2, 0.25) is 5.91 Å². The molecule has 0 N–H and O–H groups in total. The summed E-state index contributed by atoms with van der Waals surface area (Å²) in [6.07, 6.45) is 3.15. The minimum Gasteiger partial charge on any atom is -0.380 e. The van der Waals surface area contributed by atoms with Crippen LogP contribution in [0.15, 0.2) is 30.6 Å². The van der Waals surface area contributed by atoms with Gasteiger partial charge < -0.3 is 9.64 Å². The molecule has 1 aromatic carbocycles. The molecule has 2 heterocycles. The van der Waals surface area contributed by atoms with Gasteiger partial charge in [0.25, 0.3) is 0 Å². The van der Waals surface area contributed by atoms with Gasteiger partial charge in [0.15, 0.2) is 0 Å². The van der Waals surface area contributed by atoms with Crippen molar-refractivity contribution in [2.45, 2.75) is 25.0 Å². The number of amides is 1. The van der Waals surface area contributed by atoms with Crippen molar-refractivity contribution in [3.8, 4) is 5.69 Å². The number of hydrogen-bond acceptors (Lipinski definition) is 6. The minimum atomic E-state index is 0.115. The lowest BCUT2D eigenvalue weighted by Gasteiger charge is -2.25. The summed E-state index contributed by atoms with van der Waals surface area (Å²) >= 11 is 0. The van der Waals surface area contributed by atoms with Gasteiger partial charge in [0.05, 0.1) is 18.2 Å². The molecule has 1 aliphatic rings. The van der Waals surface area contributed by atoms with E-state index in [-0.39, 0.29) is 12.0 Å². The Bertz CT molecular complexity index is 688. The van der Waals surface area contributed by atoms with E-state index in [1.807, 2.05) is 36.2 Å². The maximum atomic E-state index is 12.5. The van der Waals surface area contributed by atoms with E-state index in [1.54, 1.807) is 18.1 Å². The predicted molar refractivity (Wildman–Crippen MR) is 92.3 cm³/mol. The number of benzene rings is 1. The largest absolute Gasteiger partial charge is 0.380 e. The van der Waals surface area contributed by atoms with E-state index in [0.29, 0.717) is 12.5 Å². The first kappa shape index (κ1) is 17.5. The molecule has 8 nitrogen and oxygen atoms in total. The minimum absolute atomic E-state index is 0.115. The van der Waals surface area contributed by atoms with Crippen LogP contribution in [0, 0.1) is 0 Å². The molecular weight excluding hydrogens is 320 g/mol. The van der Waals surface area contributed by atoms with E-state index in [4.69, 9.17) is 4.74 Å². The zero-order chi connectivity index (χ0) is 17.8. The first-order valence-electron chi connectivity index (χ1n) is 8.36. The number of rotatable bonds is 6. The zero-order valence-electron chi connectivity index (χ0n) is 14.9. The number of likely N-dealkylation sites (tertiary alicyclic amines) is 1. The second kappa shape index (κ2) is 7.71. The lowest BCUT2D eigenvalue weighted by molar-refractivity contribution is -0.129. The number of carbonyl (C=O) groups is 1. The highest BCUT2D eigenvalue weighted by atomic mass is 16.5. The molecule has 0 radical (unpaired) electrons. The number of ether oxygens (including phenoxy) is 1. The Kier molecular flexibility index (Phi) is 5.40. The van der Waals surface area contributed by atoms with Crippen LogP contribution in [0.25, 0.3) is 5.69 Å². The Morgan fingerprint density at radius 1 is 1.36 bits per heavy atom. The molecule has 1 aromatic heterocycles. The summed E-state index contributed by atoms with van der Waals surface area (Å²) in [4.78, 5) is 16.6. The summed E-state index contributed by atoms with van der Waals surface area (Å²) in [5.74, 6) is 0.115. The van der Waals surface area contributed by atoms with Gasteiger partial charge in [-0.15, -0.1) is 5.10 Å². The van der Waals surface area contributed by atoms with Crippen molar-refractivity contribution in [1.82, 2.24) is 30.0 Å². The zero-order valence-corrected chi connectivity index (χ0v) is 14.9. The van der Waals surface area contributed by atoms with Crippen LogP contribution >= 0.6 is 0 Å². The van der Waals surface area contributed by atoms with Crippen molar-refractivity contribution in [1.29, 1.82) is 0 Å². The summed E-state index contributed by atoms with van der Waals surface area (Å²) in [5, 5.41) is 11.1.